The summed E-state index contributed by atoms with van der Waals surface area (Å²) in [6.45, 7) is 13.6. The Balaban J connectivity index is 2.17. The van der Waals surface area contributed by atoms with Crippen LogP contribution in [0.1, 0.15) is 65.5 Å². The van der Waals surface area contributed by atoms with Crippen LogP contribution in [0.3, 0.4) is 0 Å². The van der Waals surface area contributed by atoms with Gasteiger partial charge >= 0.3 is 0 Å². The van der Waals surface area contributed by atoms with Crippen molar-refractivity contribution in [2.24, 2.45) is 0 Å². The second kappa shape index (κ2) is 7.26. The normalized spacial score (nSPS) is 20.2. The van der Waals surface area contributed by atoms with Crippen molar-refractivity contribution >= 4 is 5.82 Å². The van der Waals surface area contributed by atoms with E-state index < -0.39 is 0 Å². The molecule has 0 N–H and O–H groups in total. The van der Waals surface area contributed by atoms with E-state index in [1.54, 1.807) is 0 Å². The number of rotatable bonds is 5. The van der Waals surface area contributed by atoms with Gasteiger partial charge in [0, 0.05) is 24.3 Å². The van der Waals surface area contributed by atoms with E-state index in [-0.39, 0.29) is 0 Å². The van der Waals surface area contributed by atoms with E-state index >= 15 is 0 Å². The molecule has 1 aliphatic heterocycles. The summed E-state index contributed by atoms with van der Waals surface area (Å²) in [6.07, 6.45) is 6.05. The highest BCUT2D eigenvalue weighted by Gasteiger charge is 2.23. The molecule has 2 heterocycles. The molecule has 1 saturated heterocycles. The maximum atomic E-state index is 4.76. The third-order valence-electron chi connectivity index (χ3n) is 4.55. The van der Waals surface area contributed by atoms with Gasteiger partial charge in [-0.25, -0.2) is 4.98 Å². The Bertz CT molecular complexity index is 417. The second-order valence-corrected chi connectivity index (χ2v) is 6.68. The molecule has 1 atom stereocenters. The summed E-state index contributed by atoms with van der Waals surface area (Å²) in [5, 5.41) is 0. The van der Waals surface area contributed by atoms with Crippen LogP contribution in [0.5, 0.6) is 0 Å². The smallest absolute Gasteiger partial charge is 0.128 e. The minimum absolute atomic E-state index is 0.477. The zero-order valence-electron chi connectivity index (χ0n) is 14.3. The molecule has 21 heavy (non-hydrogen) atoms. The van der Waals surface area contributed by atoms with Crippen molar-refractivity contribution in [1.82, 2.24) is 9.88 Å². The Morgan fingerprint density at radius 1 is 1.19 bits per heavy atom. The van der Waals surface area contributed by atoms with Crippen LogP contribution in [0.25, 0.3) is 0 Å². The van der Waals surface area contributed by atoms with Crippen molar-refractivity contribution in [1.29, 1.82) is 0 Å². The van der Waals surface area contributed by atoms with Crippen LogP contribution in [0.4, 0.5) is 5.82 Å². The van der Waals surface area contributed by atoms with Crippen LogP contribution in [0, 0.1) is 0 Å². The second-order valence-electron chi connectivity index (χ2n) is 6.68. The van der Waals surface area contributed by atoms with Crippen LogP contribution < -0.4 is 4.90 Å². The molecule has 0 amide bonds. The number of piperidine rings is 1. The molecule has 1 fully saturated rings. The highest BCUT2D eigenvalue weighted by Crippen LogP contribution is 2.31. The predicted octanol–water partition coefficient (Wildman–Crippen LogP) is 4.25. The molecule has 2 rings (SSSR count). The Morgan fingerprint density at radius 2 is 1.90 bits per heavy atom. The fourth-order valence-electron chi connectivity index (χ4n) is 3.62. The lowest BCUT2D eigenvalue weighted by Gasteiger charge is -2.36. The zero-order chi connectivity index (χ0) is 15.4. The summed E-state index contributed by atoms with van der Waals surface area (Å²) in [7, 11) is 0. The fourth-order valence-corrected chi connectivity index (χ4v) is 3.62. The number of nitrogens with zero attached hydrogens (tertiary/aromatic N) is 3. The first kappa shape index (κ1) is 16.3. The van der Waals surface area contributed by atoms with E-state index in [0.717, 1.165) is 12.4 Å². The minimum atomic E-state index is 0.477. The van der Waals surface area contributed by atoms with Crippen molar-refractivity contribution in [2.45, 2.75) is 72.0 Å². The van der Waals surface area contributed by atoms with E-state index in [0.29, 0.717) is 18.1 Å². The summed E-state index contributed by atoms with van der Waals surface area (Å²) in [4.78, 5) is 9.73. The SMILES string of the molecule is CCN1CCCC[C@@H]1c1ccc(N(C(C)C)C(C)C)nc1. The van der Waals surface area contributed by atoms with Gasteiger partial charge in [-0.05, 0) is 65.3 Å². The quantitative estimate of drug-likeness (QED) is 0.807. The van der Waals surface area contributed by atoms with Crippen molar-refractivity contribution in [2.75, 3.05) is 18.0 Å². The number of anilines is 1. The van der Waals surface area contributed by atoms with Gasteiger partial charge in [0.15, 0.2) is 0 Å². The van der Waals surface area contributed by atoms with Gasteiger partial charge in [0.05, 0.1) is 0 Å². The number of aromatic nitrogens is 1. The first-order chi connectivity index (χ1) is 10.0. The number of hydrogen-bond donors (Lipinski definition) is 0. The van der Waals surface area contributed by atoms with E-state index in [9.17, 15) is 0 Å². The summed E-state index contributed by atoms with van der Waals surface area (Å²) < 4.78 is 0. The van der Waals surface area contributed by atoms with E-state index in [2.05, 4.69) is 62.7 Å². The average molecular weight is 289 g/mol. The van der Waals surface area contributed by atoms with Crippen molar-refractivity contribution in [3.05, 3.63) is 23.9 Å². The Hall–Kier alpha value is -1.09. The van der Waals surface area contributed by atoms with Crippen LogP contribution in [0.2, 0.25) is 0 Å². The third-order valence-corrected chi connectivity index (χ3v) is 4.55. The topological polar surface area (TPSA) is 19.4 Å². The standard InChI is InChI=1S/C18H31N3/c1-6-20-12-8-7-9-17(20)16-10-11-18(19-13-16)21(14(2)3)15(4)5/h10-11,13-15,17H,6-9,12H2,1-5H3/t17-/m1/s1. The minimum Gasteiger partial charge on any atom is -0.352 e. The average Bonchev–Trinajstić information content (AvgIpc) is 2.47. The molecule has 3 nitrogen and oxygen atoms in total. The molecule has 0 saturated carbocycles. The lowest BCUT2D eigenvalue weighted by atomic mass is 9.96. The van der Waals surface area contributed by atoms with Gasteiger partial charge in [0.25, 0.3) is 0 Å². The maximum absolute atomic E-state index is 4.76. The zero-order valence-corrected chi connectivity index (χ0v) is 14.3. The van der Waals surface area contributed by atoms with Crippen LogP contribution >= 0.6 is 0 Å². The molecule has 0 unspecified atom stereocenters. The number of pyridine rings is 1. The van der Waals surface area contributed by atoms with E-state index in [4.69, 9.17) is 4.98 Å². The molecule has 3 heteroatoms. The first-order valence-electron chi connectivity index (χ1n) is 8.53. The van der Waals surface area contributed by atoms with Gasteiger partial charge in [-0.3, -0.25) is 4.90 Å². The van der Waals surface area contributed by atoms with E-state index in [1.807, 2.05) is 0 Å². The lowest BCUT2D eigenvalue weighted by Crippen LogP contribution is -2.37. The van der Waals surface area contributed by atoms with Crippen molar-refractivity contribution in [3.8, 4) is 0 Å². The van der Waals surface area contributed by atoms with Crippen LogP contribution in [-0.2, 0) is 0 Å². The third kappa shape index (κ3) is 3.76. The maximum Gasteiger partial charge on any atom is 0.128 e. The van der Waals surface area contributed by atoms with Gasteiger partial charge < -0.3 is 4.90 Å². The Morgan fingerprint density at radius 3 is 2.43 bits per heavy atom. The van der Waals surface area contributed by atoms with Gasteiger partial charge in [0.1, 0.15) is 5.82 Å². The summed E-state index contributed by atoms with van der Waals surface area (Å²) in [5.74, 6) is 1.10. The lowest BCUT2D eigenvalue weighted by molar-refractivity contribution is 0.157. The van der Waals surface area contributed by atoms with E-state index in [1.165, 1.54) is 31.4 Å². The molecule has 1 aromatic heterocycles. The van der Waals surface area contributed by atoms with Gasteiger partial charge in [-0.1, -0.05) is 19.4 Å². The summed E-state index contributed by atoms with van der Waals surface area (Å²) >= 11 is 0. The molecule has 0 aromatic carbocycles. The molecular weight excluding hydrogens is 258 g/mol. The molecular formula is C18H31N3. The molecule has 1 aromatic rings. The molecule has 0 aliphatic carbocycles. The van der Waals surface area contributed by atoms with Crippen molar-refractivity contribution in [3.63, 3.8) is 0 Å². The molecule has 0 radical (unpaired) electrons. The molecule has 0 bridgehead atoms. The van der Waals surface area contributed by atoms with Crippen molar-refractivity contribution < 1.29 is 0 Å². The molecule has 0 spiro atoms. The van der Waals surface area contributed by atoms with Crippen LogP contribution in [0.15, 0.2) is 18.3 Å². The fraction of sp³-hybridized carbons (Fsp3) is 0.722. The summed E-state index contributed by atoms with van der Waals surface area (Å²) in [5.41, 5.74) is 1.38. The monoisotopic (exact) mass is 289 g/mol. The largest absolute Gasteiger partial charge is 0.352 e. The highest BCUT2D eigenvalue weighted by atomic mass is 15.2. The highest BCUT2D eigenvalue weighted by molar-refractivity contribution is 5.41. The van der Waals surface area contributed by atoms with Gasteiger partial charge in [-0.15, -0.1) is 0 Å². The van der Waals surface area contributed by atoms with Crippen LogP contribution in [-0.4, -0.2) is 35.1 Å². The molecule has 1 aliphatic rings. The van der Waals surface area contributed by atoms with Gasteiger partial charge in [-0.2, -0.15) is 0 Å². The Labute approximate surface area is 130 Å². The predicted molar refractivity (Wildman–Crippen MR) is 90.8 cm³/mol. The number of likely N-dealkylation sites (tertiary alicyclic amines) is 1. The molecule has 118 valence electrons. The summed E-state index contributed by atoms with van der Waals surface area (Å²) in [6, 6.07) is 6.02. The Kier molecular flexibility index (Phi) is 5.63. The first-order valence-corrected chi connectivity index (χ1v) is 8.53. The number of hydrogen-bond acceptors (Lipinski definition) is 3. The van der Waals surface area contributed by atoms with Gasteiger partial charge in [0.2, 0.25) is 0 Å².